The smallest absolute Gasteiger partial charge is 0.262 e. The largest absolute Gasteiger partial charge is 0.497 e. The van der Waals surface area contributed by atoms with Crippen LogP contribution >= 0.6 is 0 Å². The highest BCUT2D eigenvalue weighted by Gasteiger charge is 2.29. The highest BCUT2D eigenvalue weighted by molar-refractivity contribution is 7.89. The molecule has 11 heteroatoms. The third-order valence-corrected chi connectivity index (χ3v) is 7.36. The normalized spacial score (nSPS) is 18.2. The van der Waals surface area contributed by atoms with E-state index in [0.717, 1.165) is 24.5 Å². The lowest BCUT2D eigenvalue weighted by Gasteiger charge is -2.36. The lowest BCUT2D eigenvalue weighted by molar-refractivity contribution is -0.132. The van der Waals surface area contributed by atoms with Crippen molar-refractivity contribution in [3.8, 4) is 5.75 Å². The van der Waals surface area contributed by atoms with E-state index < -0.39 is 10.0 Å². The van der Waals surface area contributed by atoms with Crippen LogP contribution in [-0.2, 0) is 26.1 Å². The molecule has 2 aliphatic heterocycles. The zero-order chi connectivity index (χ0) is 21.8. The van der Waals surface area contributed by atoms with Gasteiger partial charge in [0.15, 0.2) is 5.03 Å². The molecule has 168 valence electrons. The minimum absolute atomic E-state index is 0.0356. The van der Waals surface area contributed by atoms with Crippen LogP contribution < -0.4 is 9.64 Å². The quantitative estimate of drug-likeness (QED) is 0.624. The summed E-state index contributed by atoms with van der Waals surface area (Å²) in [6.07, 6.45) is 2.83. The molecule has 0 saturated carbocycles. The van der Waals surface area contributed by atoms with Crippen LogP contribution in [0.1, 0.15) is 0 Å². The molecule has 2 aliphatic rings. The maximum absolute atomic E-state index is 12.7. The number of anilines is 1. The molecule has 0 atom stereocenters. The average molecular weight is 450 g/mol. The molecule has 31 heavy (non-hydrogen) atoms. The Morgan fingerprint density at radius 3 is 2.39 bits per heavy atom. The molecule has 0 N–H and O–H groups in total. The first kappa shape index (κ1) is 21.6. The predicted octanol–water partition coefficient (Wildman–Crippen LogP) is 0.261. The van der Waals surface area contributed by atoms with Crippen LogP contribution in [0.15, 0.2) is 41.8 Å². The highest BCUT2D eigenvalue weighted by atomic mass is 32.2. The number of hydrogen-bond acceptors (Lipinski definition) is 7. The minimum Gasteiger partial charge on any atom is -0.497 e. The Kier molecular flexibility index (Phi) is 6.44. The van der Waals surface area contributed by atoms with Crippen LogP contribution in [0.2, 0.25) is 0 Å². The van der Waals surface area contributed by atoms with Gasteiger partial charge in [-0.3, -0.25) is 4.79 Å². The molecule has 10 nitrogen and oxygen atoms in total. The second kappa shape index (κ2) is 9.25. The van der Waals surface area contributed by atoms with Gasteiger partial charge in [0, 0.05) is 51.2 Å². The molecule has 2 fully saturated rings. The van der Waals surface area contributed by atoms with E-state index in [4.69, 9.17) is 9.47 Å². The topological polar surface area (TPSA) is 97.2 Å². The average Bonchev–Trinajstić information content (AvgIpc) is 3.29. The van der Waals surface area contributed by atoms with Crippen LogP contribution in [0.25, 0.3) is 0 Å². The molecule has 0 spiro atoms. The highest BCUT2D eigenvalue weighted by Crippen LogP contribution is 2.21. The first-order valence-electron chi connectivity index (χ1n) is 10.2. The fourth-order valence-corrected chi connectivity index (χ4v) is 5.09. The minimum atomic E-state index is -3.66. The molecule has 4 rings (SSSR count). The van der Waals surface area contributed by atoms with Gasteiger partial charge >= 0.3 is 0 Å². The van der Waals surface area contributed by atoms with Crippen LogP contribution in [-0.4, -0.2) is 92.7 Å². The Morgan fingerprint density at radius 1 is 1.06 bits per heavy atom. The third-order valence-electron chi connectivity index (χ3n) is 5.57. The van der Waals surface area contributed by atoms with E-state index in [-0.39, 0.29) is 17.5 Å². The Bertz CT molecular complexity index is 993. The Hall–Kier alpha value is -2.63. The van der Waals surface area contributed by atoms with Crippen molar-refractivity contribution in [1.29, 1.82) is 0 Å². The number of carbonyl (C=O) groups excluding carboxylic acids is 1. The molecule has 0 unspecified atom stereocenters. The van der Waals surface area contributed by atoms with Gasteiger partial charge in [-0.1, -0.05) is 0 Å². The van der Waals surface area contributed by atoms with Gasteiger partial charge in [-0.15, -0.1) is 0 Å². The van der Waals surface area contributed by atoms with Gasteiger partial charge in [-0.05, 0) is 24.3 Å². The van der Waals surface area contributed by atoms with Crippen molar-refractivity contribution in [2.24, 2.45) is 0 Å². The van der Waals surface area contributed by atoms with Crippen molar-refractivity contribution in [2.45, 2.75) is 11.6 Å². The lowest BCUT2D eigenvalue weighted by Crippen LogP contribution is -2.49. The summed E-state index contributed by atoms with van der Waals surface area (Å²) in [5, 5.41) is -0.0356. The lowest BCUT2D eigenvalue weighted by atomic mass is 10.2. The summed E-state index contributed by atoms with van der Waals surface area (Å²) in [6, 6.07) is 7.87. The molecule has 2 saturated heterocycles. The van der Waals surface area contributed by atoms with E-state index >= 15 is 0 Å². The standard InChI is InChI=1S/C20H27N5O5S/c1-29-18-4-2-17(3-5-18)23-6-8-24(9-7-23)20(26)15-22-14-19(21-16-22)31(27,28)25-10-12-30-13-11-25/h2-5,14,16H,6-13,15H2,1H3. The molecule has 1 aromatic heterocycles. The Balaban J connectivity index is 1.32. The van der Waals surface area contributed by atoms with Crippen molar-refractivity contribution in [2.75, 3.05) is 64.5 Å². The van der Waals surface area contributed by atoms with Gasteiger partial charge in [0.1, 0.15) is 12.3 Å². The van der Waals surface area contributed by atoms with Crippen molar-refractivity contribution in [1.82, 2.24) is 18.8 Å². The second-order valence-corrected chi connectivity index (χ2v) is 9.35. The number of morpholine rings is 1. The molecule has 0 aliphatic carbocycles. The van der Waals surface area contributed by atoms with Crippen LogP contribution in [0.5, 0.6) is 5.75 Å². The number of methoxy groups -OCH3 is 1. The van der Waals surface area contributed by atoms with Crippen LogP contribution in [0.4, 0.5) is 5.69 Å². The fourth-order valence-electron chi connectivity index (χ4n) is 3.74. The molecule has 1 amide bonds. The molecule has 2 aromatic rings. The van der Waals surface area contributed by atoms with Crippen LogP contribution in [0, 0.1) is 0 Å². The number of ether oxygens (including phenoxy) is 2. The van der Waals surface area contributed by atoms with E-state index in [2.05, 4.69) is 9.88 Å². The third kappa shape index (κ3) is 4.83. The maximum Gasteiger partial charge on any atom is 0.262 e. The first-order chi connectivity index (χ1) is 15.0. The van der Waals surface area contributed by atoms with E-state index in [9.17, 15) is 13.2 Å². The predicted molar refractivity (Wildman–Crippen MR) is 114 cm³/mol. The van der Waals surface area contributed by atoms with Gasteiger partial charge in [0.2, 0.25) is 5.91 Å². The summed E-state index contributed by atoms with van der Waals surface area (Å²) in [7, 11) is -2.02. The van der Waals surface area contributed by atoms with Gasteiger partial charge < -0.3 is 23.8 Å². The monoisotopic (exact) mass is 449 g/mol. The van der Waals surface area contributed by atoms with Gasteiger partial charge in [-0.2, -0.15) is 4.31 Å². The fraction of sp³-hybridized carbons (Fsp3) is 0.500. The van der Waals surface area contributed by atoms with Crippen molar-refractivity contribution < 1.29 is 22.7 Å². The number of piperazine rings is 1. The number of rotatable bonds is 6. The summed E-state index contributed by atoms with van der Waals surface area (Å²) in [6.45, 7) is 4.13. The van der Waals surface area contributed by atoms with Crippen molar-refractivity contribution >= 4 is 21.6 Å². The first-order valence-corrected chi connectivity index (χ1v) is 11.7. The molecule has 0 bridgehead atoms. The second-order valence-electron chi connectivity index (χ2n) is 7.47. The molecule has 1 aromatic carbocycles. The molecular weight excluding hydrogens is 422 g/mol. The molecular formula is C20H27N5O5S. The number of sulfonamides is 1. The van der Waals surface area contributed by atoms with Gasteiger partial charge in [0.25, 0.3) is 10.0 Å². The maximum atomic E-state index is 12.7. The van der Waals surface area contributed by atoms with E-state index in [1.54, 1.807) is 12.0 Å². The van der Waals surface area contributed by atoms with Gasteiger partial charge in [0.05, 0.1) is 26.7 Å². The van der Waals surface area contributed by atoms with Crippen LogP contribution in [0.3, 0.4) is 0 Å². The number of carbonyl (C=O) groups is 1. The Morgan fingerprint density at radius 2 is 1.74 bits per heavy atom. The summed E-state index contributed by atoms with van der Waals surface area (Å²) in [5.41, 5.74) is 1.10. The van der Waals surface area contributed by atoms with Crippen molar-refractivity contribution in [3.05, 3.63) is 36.8 Å². The number of benzene rings is 1. The van der Waals surface area contributed by atoms with E-state index in [1.165, 1.54) is 21.4 Å². The Labute approximate surface area is 182 Å². The zero-order valence-corrected chi connectivity index (χ0v) is 18.3. The SMILES string of the molecule is COc1ccc(N2CCN(C(=O)Cn3cnc(S(=O)(=O)N4CCOCC4)c3)CC2)cc1. The molecule has 3 heterocycles. The summed E-state index contributed by atoms with van der Waals surface area (Å²) in [4.78, 5) is 20.8. The number of nitrogens with zero attached hydrogens (tertiary/aromatic N) is 5. The number of aromatic nitrogens is 2. The number of imidazole rings is 1. The zero-order valence-electron chi connectivity index (χ0n) is 17.5. The number of hydrogen-bond donors (Lipinski definition) is 0. The number of amides is 1. The molecule has 0 radical (unpaired) electrons. The summed E-state index contributed by atoms with van der Waals surface area (Å²) in [5.74, 6) is 0.759. The van der Waals surface area contributed by atoms with Gasteiger partial charge in [-0.25, -0.2) is 13.4 Å². The van der Waals surface area contributed by atoms with Crippen molar-refractivity contribution in [3.63, 3.8) is 0 Å². The van der Waals surface area contributed by atoms with E-state index in [1.807, 2.05) is 24.3 Å². The van der Waals surface area contributed by atoms with E-state index in [0.29, 0.717) is 39.4 Å². The summed E-state index contributed by atoms with van der Waals surface area (Å²) >= 11 is 0. The summed E-state index contributed by atoms with van der Waals surface area (Å²) < 4.78 is 38.7.